The fourth-order valence-electron chi connectivity index (χ4n) is 3.71. The van der Waals surface area contributed by atoms with Crippen LogP contribution in [0.5, 0.6) is 5.75 Å². The molecule has 5 heteroatoms. The van der Waals surface area contributed by atoms with Crippen molar-refractivity contribution in [2.45, 2.75) is 115 Å². The van der Waals surface area contributed by atoms with Crippen LogP contribution in [0, 0.1) is 6.92 Å². The number of benzene rings is 1. The molecular weight excluding hydrogens is 372 g/mol. The highest BCUT2D eigenvalue weighted by Gasteiger charge is 2.21. The van der Waals surface area contributed by atoms with Gasteiger partial charge in [-0.2, -0.15) is 8.42 Å². The average molecular weight is 413 g/mol. The van der Waals surface area contributed by atoms with Crippen molar-refractivity contribution in [1.82, 2.24) is 0 Å². The van der Waals surface area contributed by atoms with Crippen molar-refractivity contribution < 1.29 is 18.1 Å². The minimum atomic E-state index is -4.41. The number of phenols is 1. The molecule has 0 bridgehead atoms. The summed E-state index contributed by atoms with van der Waals surface area (Å²) in [5, 5.41) is 9.99. The summed E-state index contributed by atoms with van der Waals surface area (Å²) in [5.41, 5.74) is 0.960. The van der Waals surface area contributed by atoms with Gasteiger partial charge in [-0.1, -0.05) is 103 Å². The zero-order valence-corrected chi connectivity index (χ0v) is 18.7. The van der Waals surface area contributed by atoms with E-state index in [-0.39, 0.29) is 10.6 Å². The van der Waals surface area contributed by atoms with Crippen LogP contribution in [0.4, 0.5) is 0 Å². The lowest BCUT2D eigenvalue weighted by molar-refractivity contribution is 0.437. The van der Waals surface area contributed by atoms with Crippen LogP contribution < -0.4 is 0 Å². The molecule has 0 saturated carbocycles. The first-order valence-electron chi connectivity index (χ1n) is 11.2. The molecule has 162 valence electrons. The second-order valence-corrected chi connectivity index (χ2v) is 9.40. The first kappa shape index (κ1) is 25.0. The Kier molecular flexibility index (Phi) is 12.5. The van der Waals surface area contributed by atoms with Crippen molar-refractivity contribution in [2.75, 3.05) is 0 Å². The molecule has 4 nitrogen and oxygen atoms in total. The second kappa shape index (κ2) is 14.0. The highest BCUT2D eigenvalue weighted by molar-refractivity contribution is 7.86. The molecule has 0 radical (unpaired) electrons. The van der Waals surface area contributed by atoms with Gasteiger partial charge in [0.25, 0.3) is 10.1 Å². The van der Waals surface area contributed by atoms with Gasteiger partial charge in [-0.15, -0.1) is 0 Å². The lowest BCUT2D eigenvalue weighted by Gasteiger charge is -2.11. The van der Waals surface area contributed by atoms with Gasteiger partial charge in [0.2, 0.25) is 0 Å². The van der Waals surface area contributed by atoms with Crippen LogP contribution in [0.2, 0.25) is 0 Å². The molecule has 1 aromatic rings. The fourth-order valence-corrected chi connectivity index (χ4v) is 4.61. The summed E-state index contributed by atoms with van der Waals surface area (Å²) < 4.78 is 32.5. The molecule has 0 amide bonds. The topological polar surface area (TPSA) is 74.6 Å². The maximum Gasteiger partial charge on any atom is 0.298 e. The lowest BCUT2D eigenvalue weighted by atomic mass is 10.0. The number of aryl methyl sites for hydroxylation is 2. The van der Waals surface area contributed by atoms with Gasteiger partial charge in [-0.05, 0) is 30.9 Å². The molecular formula is C23H40O4S. The number of unbranched alkanes of at least 4 members (excludes halogenated alkanes) is 13. The van der Waals surface area contributed by atoms with Crippen LogP contribution in [-0.2, 0) is 16.5 Å². The molecule has 0 spiro atoms. The van der Waals surface area contributed by atoms with E-state index < -0.39 is 10.1 Å². The first-order chi connectivity index (χ1) is 13.4. The summed E-state index contributed by atoms with van der Waals surface area (Å²) in [6, 6.07) is 3.39. The van der Waals surface area contributed by atoms with Gasteiger partial charge < -0.3 is 5.11 Å². The molecule has 0 aromatic heterocycles. The van der Waals surface area contributed by atoms with Gasteiger partial charge >= 0.3 is 0 Å². The van der Waals surface area contributed by atoms with Crippen LogP contribution in [0.1, 0.15) is 108 Å². The average Bonchev–Trinajstić information content (AvgIpc) is 2.63. The summed E-state index contributed by atoms with van der Waals surface area (Å²) in [7, 11) is -4.41. The third kappa shape index (κ3) is 9.92. The predicted molar refractivity (Wildman–Crippen MR) is 117 cm³/mol. The Balaban J connectivity index is 2.12. The molecule has 1 rings (SSSR count). The molecule has 1 aromatic carbocycles. The van der Waals surface area contributed by atoms with Crippen LogP contribution in [-0.4, -0.2) is 18.1 Å². The Labute approximate surface area is 172 Å². The maximum atomic E-state index is 11.6. The van der Waals surface area contributed by atoms with Crippen molar-refractivity contribution in [3.05, 3.63) is 23.3 Å². The van der Waals surface area contributed by atoms with Gasteiger partial charge in [-0.3, -0.25) is 4.55 Å². The number of hydrogen-bond acceptors (Lipinski definition) is 3. The van der Waals surface area contributed by atoms with E-state index in [1.54, 1.807) is 19.1 Å². The van der Waals surface area contributed by atoms with Crippen molar-refractivity contribution in [3.8, 4) is 5.75 Å². The summed E-state index contributed by atoms with van der Waals surface area (Å²) in [4.78, 5) is -0.317. The zero-order chi connectivity index (χ0) is 20.8. The molecule has 0 aliphatic carbocycles. The molecule has 0 atom stereocenters. The van der Waals surface area contributed by atoms with E-state index in [1.807, 2.05) is 0 Å². The van der Waals surface area contributed by atoms with Gasteiger partial charge in [0.15, 0.2) is 0 Å². The summed E-state index contributed by atoms with van der Waals surface area (Å²) in [6.07, 6.45) is 18.4. The van der Waals surface area contributed by atoms with Crippen molar-refractivity contribution in [1.29, 1.82) is 0 Å². The Hall–Kier alpha value is -1.07. The zero-order valence-electron chi connectivity index (χ0n) is 17.9. The third-order valence-electron chi connectivity index (χ3n) is 5.47. The smallest absolute Gasteiger partial charge is 0.298 e. The van der Waals surface area contributed by atoms with E-state index in [9.17, 15) is 18.1 Å². The highest BCUT2D eigenvalue weighted by Crippen LogP contribution is 2.31. The Morgan fingerprint density at radius 2 is 1.18 bits per heavy atom. The van der Waals surface area contributed by atoms with Gasteiger partial charge in [-0.25, -0.2) is 0 Å². The molecule has 2 N–H and O–H groups in total. The maximum absolute atomic E-state index is 11.6. The van der Waals surface area contributed by atoms with Crippen LogP contribution >= 0.6 is 0 Å². The van der Waals surface area contributed by atoms with E-state index in [2.05, 4.69) is 6.92 Å². The molecule has 0 heterocycles. The van der Waals surface area contributed by atoms with Crippen molar-refractivity contribution in [2.24, 2.45) is 0 Å². The first-order valence-corrected chi connectivity index (χ1v) is 12.6. The monoisotopic (exact) mass is 412 g/mol. The number of aromatic hydroxyl groups is 1. The molecule has 0 aliphatic rings. The van der Waals surface area contributed by atoms with Crippen LogP contribution in [0.3, 0.4) is 0 Å². The SMILES string of the molecule is CCCCCCCCCCCCCCCCc1ccc(C)c(O)c1S(=O)(=O)O. The Morgan fingerprint density at radius 1 is 0.750 bits per heavy atom. The number of rotatable bonds is 16. The van der Waals surface area contributed by atoms with Gasteiger partial charge in [0.05, 0.1) is 0 Å². The molecule has 0 aliphatic heterocycles. The molecule has 0 unspecified atom stereocenters. The summed E-state index contributed by atoms with van der Waals surface area (Å²) in [6.45, 7) is 3.88. The summed E-state index contributed by atoms with van der Waals surface area (Å²) >= 11 is 0. The largest absolute Gasteiger partial charge is 0.506 e. The normalized spacial score (nSPS) is 11.8. The molecule has 28 heavy (non-hydrogen) atoms. The lowest BCUT2D eigenvalue weighted by Crippen LogP contribution is -2.05. The third-order valence-corrected chi connectivity index (χ3v) is 6.44. The molecule has 0 fully saturated rings. The van der Waals surface area contributed by atoms with E-state index in [0.717, 1.165) is 19.3 Å². The molecule has 0 saturated heterocycles. The summed E-state index contributed by atoms with van der Waals surface area (Å²) in [5.74, 6) is -0.328. The van der Waals surface area contributed by atoms with E-state index >= 15 is 0 Å². The van der Waals surface area contributed by atoms with Crippen molar-refractivity contribution in [3.63, 3.8) is 0 Å². The predicted octanol–water partition coefficient (Wildman–Crippen LogP) is 6.97. The minimum Gasteiger partial charge on any atom is -0.506 e. The second-order valence-electron chi connectivity index (χ2n) is 8.04. The van der Waals surface area contributed by atoms with Crippen LogP contribution in [0.15, 0.2) is 17.0 Å². The van der Waals surface area contributed by atoms with E-state index in [4.69, 9.17) is 0 Å². The van der Waals surface area contributed by atoms with E-state index in [1.165, 1.54) is 70.6 Å². The Morgan fingerprint density at radius 3 is 1.61 bits per heavy atom. The van der Waals surface area contributed by atoms with Crippen LogP contribution in [0.25, 0.3) is 0 Å². The standard InChI is InChI=1S/C23H40O4S/c1-3-4-5-6-7-8-9-10-11-12-13-14-15-16-17-21-19-18-20(2)22(24)23(21)28(25,26)27/h18-19,24H,3-17H2,1-2H3,(H,25,26,27). The highest BCUT2D eigenvalue weighted by atomic mass is 32.2. The van der Waals surface area contributed by atoms with Gasteiger partial charge in [0, 0.05) is 0 Å². The minimum absolute atomic E-state index is 0.317. The number of phenolic OH excluding ortho intramolecular Hbond substituents is 1. The van der Waals surface area contributed by atoms with E-state index in [0.29, 0.717) is 17.5 Å². The number of hydrogen-bond donors (Lipinski definition) is 2. The fraction of sp³-hybridized carbons (Fsp3) is 0.739. The van der Waals surface area contributed by atoms with Crippen molar-refractivity contribution >= 4 is 10.1 Å². The quantitative estimate of drug-likeness (QED) is 0.227. The van der Waals surface area contributed by atoms with Gasteiger partial charge in [0.1, 0.15) is 10.6 Å². The Bertz CT molecular complexity index is 653.